The van der Waals surface area contributed by atoms with E-state index in [9.17, 15) is 5.11 Å². The van der Waals surface area contributed by atoms with E-state index in [4.69, 9.17) is 0 Å². The first-order valence-electron chi connectivity index (χ1n) is 10.6. The predicted octanol–water partition coefficient (Wildman–Crippen LogP) is 7.42. The van der Waals surface area contributed by atoms with Crippen molar-refractivity contribution in [1.29, 1.82) is 0 Å². The number of phenols is 1. The van der Waals surface area contributed by atoms with Gasteiger partial charge in [0, 0.05) is 0 Å². The number of hydrogen-bond donors (Lipinski definition) is 1. The summed E-state index contributed by atoms with van der Waals surface area (Å²) in [6.45, 7) is 4.55. The van der Waals surface area contributed by atoms with Crippen molar-refractivity contribution in [2.75, 3.05) is 0 Å². The lowest BCUT2D eigenvalue weighted by molar-refractivity contribution is 0.465. The van der Waals surface area contributed by atoms with Crippen LogP contribution in [0.15, 0.2) is 48.5 Å². The van der Waals surface area contributed by atoms with Crippen molar-refractivity contribution in [2.24, 2.45) is 0 Å². The molecule has 2 aromatic carbocycles. The van der Waals surface area contributed by atoms with Gasteiger partial charge in [0.15, 0.2) is 0 Å². The van der Waals surface area contributed by atoms with Crippen molar-refractivity contribution < 1.29 is 5.11 Å². The Balaban J connectivity index is 1.82. The van der Waals surface area contributed by atoms with E-state index in [0.29, 0.717) is 11.7 Å². The molecule has 0 saturated heterocycles. The molecule has 1 N–H and O–H groups in total. The third kappa shape index (κ3) is 6.86. The van der Waals surface area contributed by atoms with Crippen LogP contribution in [0.5, 0.6) is 5.75 Å². The van der Waals surface area contributed by atoms with Crippen molar-refractivity contribution in [3.63, 3.8) is 0 Å². The second kappa shape index (κ2) is 11.8. The molecule has 1 unspecified atom stereocenters. The summed E-state index contributed by atoms with van der Waals surface area (Å²) < 4.78 is 0. The summed E-state index contributed by atoms with van der Waals surface area (Å²) in [5.41, 5.74) is 3.97. The minimum absolute atomic E-state index is 0.417. The molecule has 0 radical (unpaired) electrons. The molecule has 26 heavy (non-hydrogen) atoms. The maximum Gasteiger partial charge on any atom is 0.118 e. The van der Waals surface area contributed by atoms with Crippen molar-refractivity contribution in [3.8, 4) is 5.75 Å². The average molecular weight is 353 g/mol. The molecule has 2 aromatic rings. The van der Waals surface area contributed by atoms with Crippen LogP contribution in [0.25, 0.3) is 0 Å². The third-order valence-corrected chi connectivity index (χ3v) is 5.40. The minimum atomic E-state index is 0.417. The van der Waals surface area contributed by atoms with Gasteiger partial charge in [0.05, 0.1) is 0 Å². The first kappa shape index (κ1) is 20.6. The number of hydrogen-bond acceptors (Lipinski definition) is 1. The Kier molecular flexibility index (Phi) is 9.31. The van der Waals surface area contributed by atoms with Crippen molar-refractivity contribution in [3.05, 3.63) is 65.2 Å². The van der Waals surface area contributed by atoms with E-state index in [1.165, 1.54) is 68.9 Å². The van der Waals surface area contributed by atoms with E-state index in [2.05, 4.69) is 38.1 Å². The lowest BCUT2D eigenvalue weighted by Crippen LogP contribution is -2.03. The Bertz CT molecular complexity index is 632. The fourth-order valence-electron chi connectivity index (χ4n) is 3.82. The van der Waals surface area contributed by atoms with E-state index in [1.54, 1.807) is 6.07 Å². The van der Waals surface area contributed by atoms with Gasteiger partial charge in [-0.05, 0) is 47.9 Å². The highest BCUT2D eigenvalue weighted by Crippen LogP contribution is 2.28. The first-order valence-corrected chi connectivity index (χ1v) is 10.6. The maximum atomic E-state index is 10.1. The summed E-state index contributed by atoms with van der Waals surface area (Å²) in [7, 11) is 0. The largest absolute Gasteiger partial charge is 0.508 e. The topological polar surface area (TPSA) is 20.2 Å². The molecule has 0 saturated carbocycles. The normalized spacial score (nSPS) is 12.2. The Morgan fingerprint density at radius 3 is 2.00 bits per heavy atom. The highest BCUT2D eigenvalue weighted by Gasteiger charge is 2.12. The smallest absolute Gasteiger partial charge is 0.118 e. The fraction of sp³-hybridized carbons (Fsp3) is 0.520. The molecule has 1 atom stereocenters. The van der Waals surface area contributed by atoms with Crippen LogP contribution in [0.4, 0.5) is 0 Å². The average Bonchev–Trinajstić information content (AvgIpc) is 2.66. The number of phenolic OH excluding ortho intramolecular Hbond substituents is 1. The molecule has 1 nitrogen and oxygen atoms in total. The van der Waals surface area contributed by atoms with E-state index >= 15 is 0 Å². The van der Waals surface area contributed by atoms with Crippen molar-refractivity contribution in [1.82, 2.24) is 0 Å². The molecule has 2 rings (SSSR count). The third-order valence-electron chi connectivity index (χ3n) is 5.40. The van der Waals surface area contributed by atoms with Crippen LogP contribution in [0.1, 0.15) is 87.8 Å². The van der Waals surface area contributed by atoms with E-state index in [-0.39, 0.29) is 0 Å². The molecular weight excluding hydrogens is 316 g/mol. The quantitative estimate of drug-likeness (QED) is 0.394. The molecular formula is C25H36O. The van der Waals surface area contributed by atoms with Gasteiger partial charge in [-0.3, -0.25) is 0 Å². The van der Waals surface area contributed by atoms with Gasteiger partial charge in [-0.1, -0.05) is 101 Å². The predicted molar refractivity (Wildman–Crippen MR) is 113 cm³/mol. The van der Waals surface area contributed by atoms with E-state index < -0.39 is 0 Å². The molecule has 0 aliphatic heterocycles. The summed E-state index contributed by atoms with van der Waals surface area (Å²) in [5, 5.41) is 10.1. The number of para-hydroxylation sites is 1. The van der Waals surface area contributed by atoms with E-state index in [1.807, 2.05) is 18.2 Å². The summed E-state index contributed by atoms with van der Waals surface area (Å²) in [5.74, 6) is 0.841. The Labute approximate surface area is 160 Å². The summed E-state index contributed by atoms with van der Waals surface area (Å²) in [4.78, 5) is 0. The Hall–Kier alpha value is -1.76. The summed E-state index contributed by atoms with van der Waals surface area (Å²) in [6.07, 6.45) is 13.0. The van der Waals surface area contributed by atoms with Crippen LogP contribution in [-0.2, 0) is 12.8 Å². The van der Waals surface area contributed by atoms with E-state index in [0.717, 1.165) is 12.0 Å². The van der Waals surface area contributed by atoms with Crippen LogP contribution in [0.2, 0.25) is 0 Å². The number of aromatic hydroxyl groups is 1. The monoisotopic (exact) mass is 352 g/mol. The highest BCUT2D eigenvalue weighted by molar-refractivity contribution is 5.36. The van der Waals surface area contributed by atoms with Gasteiger partial charge >= 0.3 is 0 Å². The molecule has 0 fully saturated rings. The molecule has 0 spiro atoms. The molecule has 0 bridgehead atoms. The van der Waals surface area contributed by atoms with Gasteiger partial charge in [0.2, 0.25) is 0 Å². The zero-order chi connectivity index (χ0) is 18.6. The van der Waals surface area contributed by atoms with Gasteiger partial charge < -0.3 is 5.11 Å². The van der Waals surface area contributed by atoms with Gasteiger partial charge in [0.1, 0.15) is 5.75 Å². The number of rotatable bonds is 12. The number of unbranched alkanes of at least 4 members (excludes halogenated alkanes) is 7. The second-order valence-corrected chi connectivity index (χ2v) is 7.66. The molecule has 0 heterocycles. The molecule has 142 valence electrons. The minimum Gasteiger partial charge on any atom is -0.508 e. The standard InChI is InChI=1S/C25H36O/c1-3-4-5-6-7-8-9-10-15-22-16-11-13-18-24(22)21(2)20-23-17-12-14-19-25(23)26/h11-14,16-19,21,26H,3-10,15,20H2,1-2H3. The number of benzene rings is 2. The molecule has 0 amide bonds. The molecule has 0 aliphatic rings. The van der Waals surface area contributed by atoms with Crippen LogP contribution in [0.3, 0.4) is 0 Å². The van der Waals surface area contributed by atoms with Gasteiger partial charge in [-0.25, -0.2) is 0 Å². The van der Waals surface area contributed by atoms with Gasteiger partial charge in [-0.2, -0.15) is 0 Å². The Morgan fingerprint density at radius 1 is 0.731 bits per heavy atom. The zero-order valence-corrected chi connectivity index (χ0v) is 16.7. The Morgan fingerprint density at radius 2 is 1.31 bits per heavy atom. The van der Waals surface area contributed by atoms with Crippen LogP contribution >= 0.6 is 0 Å². The van der Waals surface area contributed by atoms with Crippen molar-refractivity contribution >= 4 is 0 Å². The molecule has 0 aliphatic carbocycles. The first-order chi connectivity index (χ1) is 12.7. The van der Waals surface area contributed by atoms with Crippen LogP contribution in [-0.4, -0.2) is 5.11 Å². The van der Waals surface area contributed by atoms with Crippen LogP contribution < -0.4 is 0 Å². The lowest BCUT2D eigenvalue weighted by atomic mass is 9.88. The molecule has 1 heteroatoms. The summed E-state index contributed by atoms with van der Waals surface area (Å²) in [6, 6.07) is 16.6. The van der Waals surface area contributed by atoms with Gasteiger partial charge in [0.25, 0.3) is 0 Å². The second-order valence-electron chi connectivity index (χ2n) is 7.66. The maximum absolute atomic E-state index is 10.1. The summed E-state index contributed by atoms with van der Waals surface area (Å²) >= 11 is 0. The highest BCUT2D eigenvalue weighted by atomic mass is 16.3. The zero-order valence-electron chi connectivity index (χ0n) is 16.7. The van der Waals surface area contributed by atoms with Gasteiger partial charge in [-0.15, -0.1) is 0 Å². The molecule has 0 aromatic heterocycles. The van der Waals surface area contributed by atoms with Crippen molar-refractivity contribution in [2.45, 2.75) is 84.0 Å². The number of aryl methyl sites for hydroxylation is 1. The van der Waals surface area contributed by atoms with Crippen LogP contribution in [0, 0.1) is 0 Å². The SMILES string of the molecule is CCCCCCCCCCc1ccccc1C(C)Cc1ccccc1O. The fourth-order valence-corrected chi connectivity index (χ4v) is 3.82. The lowest BCUT2D eigenvalue weighted by Gasteiger charge is -2.17.